The number of benzene rings is 1. The Morgan fingerprint density at radius 2 is 2.17 bits per heavy atom. The summed E-state index contributed by atoms with van der Waals surface area (Å²) < 4.78 is 10.8. The van der Waals surface area contributed by atoms with Gasteiger partial charge >= 0.3 is 0 Å². The number of nitrogens with one attached hydrogen (secondary N) is 1. The van der Waals surface area contributed by atoms with Crippen molar-refractivity contribution in [1.29, 1.82) is 0 Å². The Kier molecular flexibility index (Phi) is 4.76. The molecule has 0 aliphatic carbocycles. The molecule has 1 aliphatic rings. The summed E-state index contributed by atoms with van der Waals surface area (Å²) in [4.78, 5) is 28.8. The Hall–Kier alpha value is -2.47. The summed E-state index contributed by atoms with van der Waals surface area (Å²) in [5.41, 5.74) is 0.972. The molecule has 1 aromatic heterocycles. The van der Waals surface area contributed by atoms with Gasteiger partial charge in [-0.1, -0.05) is 18.5 Å². The molecule has 0 unspecified atom stereocenters. The van der Waals surface area contributed by atoms with Gasteiger partial charge in [0.2, 0.25) is 5.43 Å². The Labute approximate surface area is 144 Å². The third-order valence-electron chi connectivity index (χ3n) is 3.59. The van der Waals surface area contributed by atoms with Gasteiger partial charge in [-0.3, -0.25) is 14.5 Å². The number of hydrogen-bond acceptors (Lipinski definition) is 4. The molecule has 1 aromatic carbocycles. The highest BCUT2D eigenvalue weighted by Gasteiger charge is 2.26. The number of nitrogens with zero attached hydrogens (tertiary/aromatic N) is 1. The predicted molar refractivity (Wildman–Crippen MR) is 91.0 cm³/mol. The third-order valence-corrected chi connectivity index (χ3v) is 3.83. The van der Waals surface area contributed by atoms with E-state index in [-0.39, 0.29) is 30.2 Å². The predicted octanol–water partition coefficient (Wildman–Crippen LogP) is 2.74. The van der Waals surface area contributed by atoms with E-state index in [0.29, 0.717) is 28.8 Å². The van der Waals surface area contributed by atoms with Gasteiger partial charge in [-0.15, -0.1) is 0 Å². The van der Waals surface area contributed by atoms with Gasteiger partial charge in [0.25, 0.3) is 5.91 Å². The number of aromatic amines is 1. The number of carbonyl (C=O) groups is 1. The SMILES string of the molecule is CCCOc1c[nH]c(CN2C(=O)COc3ccc(Cl)cc32)cc1=O. The van der Waals surface area contributed by atoms with Crippen molar-refractivity contribution < 1.29 is 14.3 Å². The van der Waals surface area contributed by atoms with Crippen LogP contribution in [0.4, 0.5) is 5.69 Å². The fraction of sp³-hybridized carbons (Fsp3) is 0.294. The Morgan fingerprint density at radius 3 is 2.92 bits per heavy atom. The molecule has 1 amide bonds. The van der Waals surface area contributed by atoms with Crippen LogP contribution in [0.15, 0.2) is 35.3 Å². The van der Waals surface area contributed by atoms with Crippen LogP contribution in [-0.2, 0) is 11.3 Å². The molecule has 6 nitrogen and oxygen atoms in total. The number of anilines is 1. The summed E-state index contributed by atoms with van der Waals surface area (Å²) in [6.07, 6.45) is 2.35. The van der Waals surface area contributed by atoms with Crippen molar-refractivity contribution in [3.63, 3.8) is 0 Å². The largest absolute Gasteiger partial charge is 0.488 e. The summed E-state index contributed by atoms with van der Waals surface area (Å²) in [6.45, 7) is 2.63. The first-order chi connectivity index (χ1) is 11.6. The van der Waals surface area contributed by atoms with Crippen LogP contribution in [-0.4, -0.2) is 24.1 Å². The third kappa shape index (κ3) is 3.38. The summed E-state index contributed by atoms with van der Waals surface area (Å²) in [5, 5.41) is 0.508. The van der Waals surface area contributed by atoms with Crippen molar-refractivity contribution >= 4 is 23.2 Å². The number of rotatable bonds is 5. The maximum Gasteiger partial charge on any atom is 0.265 e. The number of fused-ring (bicyclic) bond motifs is 1. The molecule has 3 rings (SSSR count). The van der Waals surface area contributed by atoms with Crippen LogP contribution >= 0.6 is 11.6 Å². The summed E-state index contributed by atoms with van der Waals surface area (Å²) >= 11 is 6.02. The number of pyridine rings is 1. The number of aromatic nitrogens is 1. The first-order valence-electron chi connectivity index (χ1n) is 7.65. The quantitative estimate of drug-likeness (QED) is 0.901. The lowest BCUT2D eigenvalue weighted by atomic mass is 10.2. The van der Waals surface area contributed by atoms with Gasteiger partial charge in [0, 0.05) is 23.0 Å². The lowest BCUT2D eigenvalue weighted by molar-refractivity contribution is -0.121. The van der Waals surface area contributed by atoms with Crippen LogP contribution in [0.1, 0.15) is 19.0 Å². The Balaban J connectivity index is 1.86. The molecule has 0 fully saturated rings. The van der Waals surface area contributed by atoms with Gasteiger partial charge in [-0.2, -0.15) is 0 Å². The van der Waals surface area contributed by atoms with Gasteiger partial charge in [-0.25, -0.2) is 0 Å². The van der Waals surface area contributed by atoms with Gasteiger partial charge in [-0.05, 0) is 24.6 Å². The number of carbonyl (C=O) groups excluding carboxylic acids is 1. The van der Waals surface area contributed by atoms with Gasteiger partial charge in [0.15, 0.2) is 12.4 Å². The first-order valence-corrected chi connectivity index (χ1v) is 8.03. The van der Waals surface area contributed by atoms with Crippen molar-refractivity contribution in [3.05, 3.63) is 51.4 Å². The van der Waals surface area contributed by atoms with Crippen molar-refractivity contribution in [2.75, 3.05) is 18.1 Å². The highest BCUT2D eigenvalue weighted by atomic mass is 35.5. The minimum atomic E-state index is -0.218. The molecule has 7 heteroatoms. The monoisotopic (exact) mass is 348 g/mol. The average Bonchev–Trinajstić information content (AvgIpc) is 2.57. The Morgan fingerprint density at radius 1 is 1.33 bits per heavy atom. The molecular formula is C17H17ClN2O4. The summed E-state index contributed by atoms with van der Waals surface area (Å²) in [6, 6.07) is 6.54. The first kappa shape index (κ1) is 16.4. The fourth-order valence-electron chi connectivity index (χ4n) is 2.44. The van der Waals surface area contributed by atoms with E-state index in [2.05, 4.69) is 4.98 Å². The number of H-pyrrole nitrogens is 1. The molecule has 0 radical (unpaired) electrons. The van der Waals surface area contributed by atoms with Crippen LogP contribution in [0, 0.1) is 0 Å². The Bertz CT molecular complexity index is 818. The van der Waals surface area contributed by atoms with E-state index in [0.717, 1.165) is 6.42 Å². The molecule has 0 saturated carbocycles. The average molecular weight is 349 g/mol. The maximum absolute atomic E-state index is 12.2. The number of amides is 1. The lowest BCUT2D eigenvalue weighted by Crippen LogP contribution is -2.38. The van der Waals surface area contributed by atoms with Crippen molar-refractivity contribution in [2.45, 2.75) is 19.9 Å². The molecule has 1 aliphatic heterocycles. The van der Waals surface area contributed by atoms with Crippen molar-refractivity contribution in [1.82, 2.24) is 4.98 Å². The topological polar surface area (TPSA) is 71.6 Å². The summed E-state index contributed by atoms with van der Waals surface area (Å²) in [5.74, 6) is 0.665. The standard InChI is InChI=1S/C17H17ClN2O4/c1-2-5-23-16-8-19-12(7-14(16)21)9-20-13-6-11(18)3-4-15(13)24-10-17(20)22/h3-4,6-8H,2,5,9-10H2,1H3,(H,19,21). The van der Waals surface area contributed by atoms with Crippen molar-refractivity contribution in [2.24, 2.45) is 0 Å². The van der Waals surface area contributed by atoms with E-state index in [9.17, 15) is 9.59 Å². The smallest absolute Gasteiger partial charge is 0.265 e. The fourth-order valence-corrected chi connectivity index (χ4v) is 2.60. The second kappa shape index (κ2) is 6.97. The van der Waals surface area contributed by atoms with Crippen LogP contribution in [0.25, 0.3) is 0 Å². The molecule has 0 spiro atoms. The van der Waals surface area contributed by atoms with Gasteiger partial charge < -0.3 is 14.5 Å². The van der Waals surface area contributed by atoms with Gasteiger partial charge in [0.1, 0.15) is 5.75 Å². The van der Waals surface area contributed by atoms with E-state index in [1.807, 2.05) is 6.92 Å². The summed E-state index contributed by atoms with van der Waals surface area (Å²) in [7, 11) is 0. The zero-order valence-corrected chi connectivity index (χ0v) is 13.9. The molecule has 0 atom stereocenters. The minimum absolute atomic E-state index is 0.0451. The maximum atomic E-state index is 12.2. The molecule has 2 heterocycles. The zero-order valence-electron chi connectivity index (χ0n) is 13.2. The van der Waals surface area contributed by atoms with E-state index in [4.69, 9.17) is 21.1 Å². The van der Waals surface area contributed by atoms with Crippen LogP contribution in [0.3, 0.4) is 0 Å². The lowest BCUT2D eigenvalue weighted by Gasteiger charge is -2.29. The number of ether oxygens (including phenoxy) is 2. The van der Waals surface area contributed by atoms with Crippen LogP contribution < -0.4 is 19.8 Å². The van der Waals surface area contributed by atoms with Crippen molar-refractivity contribution in [3.8, 4) is 11.5 Å². The van der Waals surface area contributed by atoms with Gasteiger partial charge in [0.05, 0.1) is 18.8 Å². The number of halogens is 1. The second-order valence-corrected chi connectivity index (χ2v) is 5.85. The number of hydrogen-bond donors (Lipinski definition) is 1. The van der Waals surface area contributed by atoms with E-state index >= 15 is 0 Å². The second-order valence-electron chi connectivity index (χ2n) is 5.42. The zero-order chi connectivity index (χ0) is 17.1. The normalized spacial score (nSPS) is 13.4. The van der Waals surface area contributed by atoms with E-state index < -0.39 is 0 Å². The molecule has 24 heavy (non-hydrogen) atoms. The van der Waals surface area contributed by atoms with E-state index in [1.165, 1.54) is 12.3 Å². The highest BCUT2D eigenvalue weighted by Crippen LogP contribution is 2.35. The minimum Gasteiger partial charge on any atom is -0.488 e. The van der Waals surface area contributed by atoms with Crippen LogP contribution in [0.2, 0.25) is 5.02 Å². The molecular weight excluding hydrogens is 332 g/mol. The highest BCUT2D eigenvalue weighted by molar-refractivity contribution is 6.31. The molecule has 0 saturated heterocycles. The molecule has 1 N–H and O–H groups in total. The molecule has 126 valence electrons. The molecule has 2 aromatic rings. The molecule has 0 bridgehead atoms. The van der Waals surface area contributed by atoms with Crippen LogP contribution in [0.5, 0.6) is 11.5 Å². The van der Waals surface area contributed by atoms with E-state index in [1.54, 1.807) is 23.1 Å².